The Balaban J connectivity index is -0.000000180. The smallest absolute Gasteiger partial charge is 0.0994 e. The van der Waals surface area contributed by atoms with Crippen molar-refractivity contribution in [2.24, 2.45) is 0 Å². The van der Waals surface area contributed by atoms with E-state index in [9.17, 15) is 35.0 Å². The van der Waals surface area contributed by atoms with Gasteiger partial charge in [-0.3, -0.25) is 0 Å². The second-order valence-corrected chi connectivity index (χ2v) is 3.67. The van der Waals surface area contributed by atoms with Gasteiger partial charge in [-0.2, -0.15) is 0 Å². The molecular formula is O10S4W-4. The van der Waals surface area contributed by atoms with E-state index in [2.05, 4.69) is 7.26 Å². The second kappa shape index (κ2) is 13.1. The third-order valence-corrected chi connectivity index (χ3v) is 2.00. The number of hydrogen-bond donors (Lipinski definition) is 0. The molecule has 15 heavy (non-hydrogen) atoms. The Bertz CT molecular complexity index is 196. The Morgan fingerprint density at radius 3 is 0.733 bits per heavy atom. The van der Waals surface area contributed by atoms with Crippen LogP contribution in [0.2, 0.25) is 0 Å². The van der Waals surface area contributed by atoms with Gasteiger partial charge in [-0.15, -0.1) is 0 Å². The molecule has 0 aliphatic heterocycles. The molecule has 0 aromatic heterocycles. The fourth-order valence-corrected chi connectivity index (χ4v) is 0.816. The first kappa shape index (κ1) is 21.3. The van der Waals surface area contributed by atoms with Gasteiger partial charge in [0.15, 0.2) is 0 Å². The van der Waals surface area contributed by atoms with Gasteiger partial charge in [0.05, 0.1) is 45.4 Å². The molecule has 15 heteroatoms. The molecule has 0 N–H and O–H groups in total. The maximum Gasteiger partial charge on any atom is 0.0994 e. The summed E-state index contributed by atoms with van der Waals surface area (Å²) in [6, 6.07) is 0. The summed E-state index contributed by atoms with van der Waals surface area (Å²) in [6.45, 7) is 0. The zero-order valence-electron chi connectivity index (χ0n) is 6.12. The van der Waals surface area contributed by atoms with Crippen LogP contribution in [-0.4, -0.2) is 35.0 Å². The molecule has 10 nitrogen and oxygen atoms in total. The van der Waals surface area contributed by atoms with Crippen molar-refractivity contribution in [1.82, 2.24) is 0 Å². The first-order chi connectivity index (χ1) is 6.25. The molecule has 0 bridgehead atoms. The molecule has 0 aromatic rings. The Labute approximate surface area is 108 Å². The first-order valence-electron chi connectivity index (χ1n) is 2.00. The molecule has 0 unspecified atom stereocenters. The minimum Gasteiger partial charge on any atom is -0.749 e. The standard InChI is InChI=1S/2H2O5S2.W/c2*1-6(2)5-7(3)4;/h2*(H,1,2)(H,3,4);/p-4. The predicted octanol–water partition coefficient (Wildman–Crippen LogP) is -2.82. The van der Waals surface area contributed by atoms with Crippen molar-refractivity contribution in [3.63, 3.8) is 0 Å². The molecule has 0 amide bonds. The summed E-state index contributed by atoms with van der Waals surface area (Å²) < 4.78 is 79.7. The van der Waals surface area contributed by atoms with Crippen LogP contribution in [0.15, 0.2) is 0 Å². The Kier molecular flexibility index (Phi) is 18.7. The molecule has 0 aromatic carbocycles. The molecule has 0 spiro atoms. The maximum atomic E-state index is 9.19. The van der Waals surface area contributed by atoms with E-state index in [1.807, 2.05) is 0 Å². The van der Waals surface area contributed by atoms with Crippen LogP contribution in [0.5, 0.6) is 0 Å². The monoisotopic (exact) mass is 472 g/mol. The SMILES string of the molecule is O=S([O-])OS(=O)[O-].O=S([O-])OS(=O)[O-].[W]. The maximum absolute atomic E-state index is 9.19. The third-order valence-electron chi connectivity index (χ3n) is 0.222. The van der Waals surface area contributed by atoms with Crippen molar-refractivity contribution in [2.75, 3.05) is 0 Å². The Morgan fingerprint density at radius 1 is 0.600 bits per heavy atom. The molecule has 0 aliphatic carbocycles. The van der Waals surface area contributed by atoms with E-state index in [1.54, 1.807) is 0 Å². The van der Waals surface area contributed by atoms with E-state index in [0.717, 1.165) is 0 Å². The number of hydrogen-bond acceptors (Lipinski definition) is 10. The molecule has 0 saturated carbocycles. The summed E-state index contributed by atoms with van der Waals surface area (Å²) in [4.78, 5) is 0. The second-order valence-electron chi connectivity index (χ2n) is 0.953. The summed E-state index contributed by atoms with van der Waals surface area (Å²) >= 11 is -11.8. The minimum atomic E-state index is -2.96. The quantitative estimate of drug-likeness (QED) is 0.388. The van der Waals surface area contributed by atoms with Gasteiger partial charge in [0, 0.05) is 21.1 Å². The summed E-state index contributed by atoms with van der Waals surface area (Å²) in [6.07, 6.45) is 0. The molecule has 0 heterocycles. The van der Waals surface area contributed by atoms with Crippen molar-refractivity contribution in [3.05, 3.63) is 0 Å². The zero-order chi connectivity index (χ0) is 11.7. The topological polar surface area (TPSA) is 179 Å². The Morgan fingerprint density at radius 2 is 0.733 bits per heavy atom. The van der Waals surface area contributed by atoms with Crippen molar-refractivity contribution in [2.45, 2.75) is 0 Å². The molecular weight excluding hydrogens is 472 g/mol. The third kappa shape index (κ3) is 31.3. The van der Waals surface area contributed by atoms with Crippen LogP contribution in [0.1, 0.15) is 0 Å². The van der Waals surface area contributed by atoms with Crippen LogP contribution >= 0.6 is 0 Å². The van der Waals surface area contributed by atoms with Crippen LogP contribution in [-0.2, 0) is 73.8 Å². The van der Waals surface area contributed by atoms with Gasteiger partial charge in [0.2, 0.25) is 0 Å². The van der Waals surface area contributed by atoms with E-state index < -0.39 is 45.4 Å². The molecule has 0 aliphatic rings. The fourth-order valence-electron chi connectivity index (χ4n) is 0.0907. The van der Waals surface area contributed by atoms with Crippen LogP contribution in [0.25, 0.3) is 0 Å². The number of rotatable bonds is 4. The summed E-state index contributed by atoms with van der Waals surface area (Å²) in [5.74, 6) is 0. The van der Waals surface area contributed by atoms with Crippen LogP contribution in [0.3, 0.4) is 0 Å². The van der Waals surface area contributed by atoms with Gasteiger partial charge < -0.3 is 18.2 Å². The Hall–Kier alpha value is 1.05. The van der Waals surface area contributed by atoms with E-state index in [1.165, 1.54) is 0 Å². The predicted molar refractivity (Wildman–Crippen MR) is 37.8 cm³/mol. The van der Waals surface area contributed by atoms with Crippen LogP contribution in [0, 0.1) is 0 Å². The van der Waals surface area contributed by atoms with Crippen molar-refractivity contribution >= 4 is 45.4 Å². The van der Waals surface area contributed by atoms with Crippen molar-refractivity contribution in [1.29, 1.82) is 0 Å². The fraction of sp³-hybridized carbons (Fsp3) is 0. The molecule has 0 radical (unpaired) electrons. The molecule has 94 valence electrons. The van der Waals surface area contributed by atoms with Gasteiger partial charge in [-0.25, -0.2) is 24.1 Å². The van der Waals surface area contributed by atoms with Gasteiger partial charge in [0.1, 0.15) is 0 Å². The molecule has 0 atom stereocenters. The van der Waals surface area contributed by atoms with E-state index >= 15 is 0 Å². The van der Waals surface area contributed by atoms with Gasteiger partial charge in [-0.1, -0.05) is 0 Å². The first-order valence-corrected chi connectivity index (χ1v) is 6.00. The normalized spacial score (nSPS) is 17.3. The van der Waals surface area contributed by atoms with Gasteiger partial charge >= 0.3 is 0 Å². The minimum absolute atomic E-state index is 0. The van der Waals surface area contributed by atoms with Crippen LogP contribution < -0.4 is 0 Å². The molecule has 0 fully saturated rings. The van der Waals surface area contributed by atoms with Crippen molar-refractivity contribution < 1.29 is 63.4 Å². The summed E-state index contributed by atoms with van der Waals surface area (Å²) in [5.41, 5.74) is 0. The summed E-state index contributed by atoms with van der Waals surface area (Å²) in [7, 11) is 0. The average molecular weight is 472 g/mol. The van der Waals surface area contributed by atoms with Crippen molar-refractivity contribution in [3.8, 4) is 0 Å². The zero-order valence-corrected chi connectivity index (χ0v) is 12.3. The van der Waals surface area contributed by atoms with Crippen LogP contribution in [0.4, 0.5) is 0 Å². The largest absolute Gasteiger partial charge is 0.749 e. The molecule has 0 saturated heterocycles. The van der Waals surface area contributed by atoms with E-state index in [0.29, 0.717) is 0 Å². The summed E-state index contributed by atoms with van der Waals surface area (Å²) in [5, 5.41) is 0. The van der Waals surface area contributed by atoms with E-state index in [-0.39, 0.29) is 21.1 Å². The van der Waals surface area contributed by atoms with E-state index in [4.69, 9.17) is 0 Å². The van der Waals surface area contributed by atoms with Gasteiger partial charge in [-0.05, 0) is 0 Å². The van der Waals surface area contributed by atoms with Gasteiger partial charge in [0.25, 0.3) is 0 Å². The average Bonchev–Trinajstić information content (AvgIpc) is 1.79. The molecule has 0 rings (SSSR count).